The molecule has 1 fully saturated rings. The number of amides is 2. The van der Waals surface area contributed by atoms with Crippen molar-refractivity contribution in [3.05, 3.63) is 12.2 Å². The van der Waals surface area contributed by atoms with Crippen LogP contribution in [0.25, 0.3) is 0 Å². The molecule has 0 heterocycles. The first-order chi connectivity index (χ1) is 10.1. The first kappa shape index (κ1) is 17.3. The van der Waals surface area contributed by atoms with E-state index in [4.69, 9.17) is 14.9 Å². The zero-order valence-corrected chi connectivity index (χ0v) is 12.1. The molecule has 0 radical (unpaired) electrons. The first-order valence-corrected chi connectivity index (χ1v) is 7.25. The summed E-state index contributed by atoms with van der Waals surface area (Å²) in [7, 11) is 0. The third-order valence-electron chi connectivity index (χ3n) is 3.55. The smallest absolute Gasteiger partial charge is 0.407 e. The summed E-state index contributed by atoms with van der Waals surface area (Å²) in [5.41, 5.74) is 0. The van der Waals surface area contributed by atoms with Crippen LogP contribution >= 0.6 is 0 Å². The number of carboxylic acid groups (broad SMARTS) is 1. The van der Waals surface area contributed by atoms with Gasteiger partial charge < -0.3 is 25.6 Å². The maximum absolute atomic E-state index is 11.4. The van der Waals surface area contributed by atoms with Crippen molar-refractivity contribution in [2.45, 2.75) is 25.7 Å². The van der Waals surface area contributed by atoms with E-state index >= 15 is 0 Å². The molecule has 1 saturated carbocycles. The molecule has 120 valence electrons. The lowest BCUT2D eigenvalue weighted by Crippen LogP contribution is -2.35. The highest BCUT2D eigenvalue weighted by Gasteiger charge is 2.22. The Morgan fingerprint density at radius 3 is 2.43 bits per heavy atom. The Labute approximate surface area is 124 Å². The first-order valence-electron chi connectivity index (χ1n) is 7.25. The number of carbonyl (C=O) groups excluding carboxylic acids is 1. The standard InChI is InChI=1S/C14H24N2O5/c17-6-1-2-7-21-14(20)16-10-12-5-3-4-11(8-12)9-15-13(18)19/h1-2,11-12,15,17H,3-10H2,(H,16,20)(H,18,19)/b2-1+. The van der Waals surface area contributed by atoms with Gasteiger partial charge in [0, 0.05) is 13.1 Å². The second kappa shape index (κ2) is 10.0. The Morgan fingerprint density at radius 2 is 1.81 bits per heavy atom. The molecule has 0 saturated heterocycles. The summed E-state index contributed by atoms with van der Waals surface area (Å²) in [6.07, 6.45) is 5.64. The third kappa shape index (κ3) is 8.19. The Hall–Kier alpha value is -1.76. The molecule has 0 aromatic rings. The summed E-state index contributed by atoms with van der Waals surface area (Å²) in [5, 5.41) is 22.3. The molecule has 2 amide bonds. The fourth-order valence-electron chi connectivity index (χ4n) is 2.55. The topological polar surface area (TPSA) is 108 Å². The Morgan fingerprint density at radius 1 is 1.14 bits per heavy atom. The molecule has 21 heavy (non-hydrogen) atoms. The Balaban J connectivity index is 2.17. The van der Waals surface area contributed by atoms with E-state index in [1.807, 2.05) is 0 Å². The molecule has 1 aliphatic rings. The number of aliphatic hydroxyl groups is 1. The lowest BCUT2D eigenvalue weighted by Gasteiger charge is -2.29. The van der Waals surface area contributed by atoms with Crippen LogP contribution in [-0.4, -0.2) is 48.7 Å². The second-order valence-electron chi connectivity index (χ2n) is 5.22. The predicted octanol–water partition coefficient (Wildman–Crippen LogP) is 1.34. The number of nitrogens with one attached hydrogen (secondary N) is 2. The quantitative estimate of drug-likeness (QED) is 0.531. The van der Waals surface area contributed by atoms with Crippen LogP contribution in [0.5, 0.6) is 0 Å². The van der Waals surface area contributed by atoms with Gasteiger partial charge in [-0.2, -0.15) is 0 Å². The second-order valence-corrected chi connectivity index (χ2v) is 5.22. The molecule has 0 aromatic heterocycles. The van der Waals surface area contributed by atoms with E-state index in [2.05, 4.69) is 10.6 Å². The summed E-state index contributed by atoms with van der Waals surface area (Å²) in [6, 6.07) is 0. The van der Waals surface area contributed by atoms with Gasteiger partial charge in [-0.1, -0.05) is 12.5 Å². The number of hydrogen-bond donors (Lipinski definition) is 4. The van der Waals surface area contributed by atoms with E-state index in [1.54, 1.807) is 6.08 Å². The molecule has 0 aromatic carbocycles. The van der Waals surface area contributed by atoms with Crippen molar-refractivity contribution < 1.29 is 24.5 Å². The molecule has 2 atom stereocenters. The van der Waals surface area contributed by atoms with Crippen molar-refractivity contribution in [1.82, 2.24) is 10.6 Å². The Bertz CT molecular complexity index is 359. The van der Waals surface area contributed by atoms with Crippen molar-refractivity contribution in [3.63, 3.8) is 0 Å². The van der Waals surface area contributed by atoms with Crippen molar-refractivity contribution in [2.24, 2.45) is 11.8 Å². The predicted molar refractivity (Wildman–Crippen MR) is 77.1 cm³/mol. The maximum atomic E-state index is 11.4. The van der Waals surface area contributed by atoms with Gasteiger partial charge in [0.1, 0.15) is 6.61 Å². The molecule has 0 aliphatic heterocycles. The van der Waals surface area contributed by atoms with E-state index in [-0.39, 0.29) is 13.2 Å². The van der Waals surface area contributed by atoms with Gasteiger partial charge in [-0.3, -0.25) is 0 Å². The van der Waals surface area contributed by atoms with E-state index in [9.17, 15) is 9.59 Å². The van der Waals surface area contributed by atoms with Crippen LogP contribution in [0.15, 0.2) is 12.2 Å². The number of hydrogen-bond acceptors (Lipinski definition) is 4. The number of aliphatic hydroxyl groups excluding tert-OH is 1. The molecule has 0 bridgehead atoms. The fraction of sp³-hybridized carbons (Fsp3) is 0.714. The van der Waals surface area contributed by atoms with Gasteiger partial charge in [-0.05, 0) is 37.2 Å². The summed E-state index contributed by atoms with van der Waals surface area (Å²) in [5.74, 6) is 0.699. The molecule has 7 heteroatoms. The monoisotopic (exact) mass is 300 g/mol. The van der Waals surface area contributed by atoms with Crippen LogP contribution in [0.3, 0.4) is 0 Å². The molecule has 2 unspecified atom stereocenters. The number of rotatable bonds is 7. The van der Waals surface area contributed by atoms with Crippen molar-refractivity contribution >= 4 is 12.2 Å². The summed E-state index contributed by atoms with van der Waals surface area (Å²) >= 11 is 0. The van der Waals surface area contributed by atoms with Crippen molar-refractivity contribution in [2.75, 3.05) is 26.3 Å². The molecule has 4 N–H and O–H groups in total. The van der Waals surface area contributed by atoms with Gasteiger partial charge in [0.05, 0.1) is 6.61 Å². The molecule has 1 aliphatic carbocycles. The summed E-state index contributed by atoms with van der Waals surface area (Å²) < 4.78 is 4.90. The van der Waals surface area contributed by atoms with Gasteiger partial charge in [0.15, 0.2) is 0 Å². The number of alkyl carbamates (subject to hydrolysis) is 1. The van der Waals surface area contributed by atoms with Crippen molar-refractivity contribution in [3.8, 4) is 0 Å². The van der Waals surface area contributed by atoms with E-state index in [1.165, 1.54) is 6.08 Å². The van der Waals surface area contributed by atoms with Crippen LogP contribution in [0.4, 0.5) is 9.59 Å². The minimum absolute atomic E-state index is 0.0706. The van der Waals surface area contributed by atoms with Crippen LogP contribution in [0.2, 0.25) is 0 Å². The molecule has 7 nitrogen and oxygen atoms in total. The highest BCUT2D eigenvalue weighted by Crippen LogP contribution is 2.28. The minimum atomic E-state index is -0.991. The number of ether oxygens (including phenoxy) is 1. The van der Waals surface area contributed by atoms with Crippen LogP contribution in [-0.2, 0) is 4.74 Å². The lowest BCUT2D eigenvalue weighted by atomic mass is 9.81. The zero-order valence-electron chi connectivity index (χ0n) is 12.1. The average molecular weight is 300 g/mol. The largest absolute Gasteiger partial charge is 0.465 e. The van der Waals surface area contributed by atoms with E-state index < -0.39 is 12.2 Å². The normalized spacial score (nSPS) is 22.0. The SMILES string of the molecule is O=C(O)NCC1CCCC(CNC(=O)OC/C=C/CO)C1. The average Bonchev–Trinajstić information content (AvgIpc) is 2.48. The summed E-state index contributed by atoms with van der Waals surface area (Å²) in [4.78, 5) is 21.9. The maximum Gasteiger partial charge on any atom is 0.407 e. The van der Waals surface area contributed by atoms with Crippen molar-refractivity contribution in [1.29, 1.82) is 0 Å². The van der Waals surface area contributed by atoms with Crippen LogP contribution < -0.4 is 10.6 Å². The van der Waals surface area contributed by atoms with Gasteiger partial charge in [-0.25, -0.2) is 9.59 Å². The zero-order chi connectivity index (χ0) is 15.5. The molecular formula is C14H24N2O5. The molecule has 1 rings (SSSR count). The van der Waals surface area contributed by atoms with Gasteiger partial charge >= 0.3 is 12.2 Å². The lowest BCUT2D eigenvalue weighted by molar-refractivity contribution is 0.152. The van der Waals surface area contributed by atoms with E-state index in [0.717, 1.165) is 25.7 Å². The third-order valence-corrected chi connectivity index (χ3v) is 3.55. The highest BCUT2D eigenvalue weighted by molar-refractivity contribution is 5.67. The van der Waals surface area contributed by atoms with E-state index in [0.29, 0.717) is 24.9 Å². The van der Waals surface area contributed by atoms with Gasteiger partial charge in [-0.15, -0.1) is 0 Å². The van der Waals surface area contributed by atoms with Gasteiger partial charge in [0.25, 0.3) is 0 Å². The van der Waals surface area contributed by atoms with Gasteiger partial charge in [0.2, 0.25) is 0 Å². The fourth-order valence-corrected chi connectivity index (χ4v) is 2.55. The summed E-state index contributed by atoms with van der Waals surface area (Å²) in [6.45, 7) is 1.09. The minimum Gasteiger partial charge on any atom is -0.465 e. The highest BCUT2D eigenvalue weighted by atomic mass is 16.5. The van der Waals surface area contributed by atoms with Crippen LogP contribution in [0.1, 0.15) is 25.7 Å². The Kier molecular flexibility index (Phi) is 8.27. The van der Waals surface area contributed by atoms with Crippen LogP contribution in [0, 0.1) is 11.8 Å². The molecular weight excluding hydrogens is 276 g/mol. The molecule has 0 spiro atoms. The number of carbonyl (C=O) groups is 2.